The van der Waals surface area contributed by atoms with Crippen LogP contribution in [0.5, 0.6) is 0 Å². The third-order valence-corrected chi connectivity index (χ3v) is 9.60. The predicted molar refractivity (Wildman–Crippen MR) is 233 cm³/mol. The second-order valence-corrected chi connectivity index (χ2v) is 15.0. The predicted octanol–water partition coefficient (Wildman–Crippen LogP) is 15.0. The molecule has 0 radical (unpaired) electrons. The highest BCUT2D eigenvalue weighted by molar-refractivity contribution is 5.71. The summed E-state index contributed by atoms with van der Waals surface area (Å²) in [7, 11) is 0. The molecule has 0 bridgehead atoms. The normalized spacial score (nSPS) is 12.7. The molecule has 0 aliphatic heterocycles. The van der Waals surface area contributed by atoms with Gasteiger partial charge in [-0.2, -0.15) is 0 Å². The zero-order chi connectivity index (χ0) is 39.3. The summed E-state index contributed by atoms with van der Waals surface area (Å²) in [4.78, 5) is 25.1. The molecule has 0 aliphatic carbocycles. The number of ether oxygens (including phenoxy) is 3. The monoisotopic (exact) mass is 755 g/mol. The van der Waals surface area contributed by atoms with Crippen molar-refractivity contribution in [2.75, 3.05) is 19.8 Å². The minimum absolute atomic E-state index is 0.0335. The van der Waals surface area contributed by atoms with Gasteiger partial charge >= 0.3 is 11.9 Å². The summed E-state index contributed by atoms with van der Waals surface area (Å²) in [6.07, 6.45) is 55.3. The molecule has 0 aromatic rings. The lowest BCUT2D eigenvalue weighted by molar-refractivity contribution is -0.162. The smallest absolute Gasteiger partial charge is 0.309 e. The van der Waals surface area contributed by atoms with E-state index in [1.807, 2.05) is 12.2 Å². The van der Waals surface area contributed by atoms with E-state index in [0.29, 0.717) is 13.0 Å². The molecular formula is C49H86O5. The summed E-state index contributed by atoms with van der Waals surface area (Å²) in [5, 5.41) is 0. The lowest BCUT2D eigenvalue weighted by Crippen LogP contribution is -2.30. The second-order valence-electron chi connectivity index (χ2n) is 15.0. The molecule has 0 amide bonds. The molecule has 1 unspecified atom stereocenters. The van der Waals surface area contributed by atoms with E-state index in [2.05, 4.69) is 69.4 Å². The van der Waals surface area contributed by atoms with Crippen LogP contribution in [0.25, 0.3) is 0 Å². The van der Waals surface area contributed by atoms with E-state index in [4.69, 9.17) is 14.2 Å². The molecule has 0 N–H and O–H groups in total. The molecule has 0 fully saturated rings. The van der Waals surface area contributed by atoms with E-state index >= 15 is 0 Å². The van der Waals surface area contributed by atoms with Gasteiger partial charge in [-0.3, -0.25) is 9.59 Å². The summed E-state index contributed by atoms with van der Waals surface area (Å²) in [6, 6.07) is 0. The number of carbonyl (C=O) groups is 2. The highest BCUT2D eigenvalue weighted by Crippen LogP contribution is 2.14. The van der Waals surface area contributed by atoms with Crippen molar-refractivity contribution in [3.63, 3.8) is 0 Å². The van der Waals surface area contributed by atoms with Gasteiger partial charge in [0.2, 0.25) is 0 Å². The van der Waals surface area contributed by atoms with Gasteiger partial charge in [0.1, 0.15) is 6.61 Å². The first-order chi connectivity index (χ1) is 26.6. The van der Waals surface area contributed by atoms with Gasteiger partial charge in [0.05, 0.1) is 13.0 Å². The van der Waals surface area contributed by atoms with Gasteiger partial charge < -0.3 is 14.2 Å². The van der Waals surface area contributed by atoms with Crippen molar-refractivity contribution in [2.45, 2.75) is 219 Å². The summed E-state index contributed by atoms with van der Waals surface area (Å²) in [5.74, 6) is -0.541. The van der Waals surface area contributed by atoms with Gasteiger partial charge in [-0.05, 0) is 44.9 Å². The molecule has 0 saturated carbocycles. The van der Waals surface area contributed by atoms with Crippen molar-refractivity contribution in [2.24, 2.45) is 0 Å². The Morgan fingerprint density at radius 1 is 0.426 bits per heavy atom. The Bertz CT molecular complexity index is 946. The molecule has 0 saturated heterocycles. The van der Waals surface area contributed by atoms with Crippen molar-refractivity contribution in [1.29, 1.82) is 0 Å². The van der Waals surface area contributed by atoms with E-state index < -0.39 is 6.10 Å². The molecule has 0 aromatic carbocycles. The maximum atomic E-state index is 12.7. The van der Waals surface area contributed by atoms with E-state index in [-0.39, 0.29) is 31.6 Å². The molecule has 0 rings (SSSR count). The van der Waals surface area contributed by atoms with Crippen molar-refractivity contribution in [3.8, 4) is 0 Å². The lowest BCUT2D eigenvalue weighted by Gasteiger charge is -2.18. The van der Waals surface area contributed by atoms with Crippen molar-refractivity contribution >= 4 is 11.9 Å². The minimum Gasteiger partial charge on any atom is -0.461 e. The number of carbonyl (C=O) groups excluding carboxylic acids is 2. The average Bonchev–Trinajstić information content (AvgIpc) is 3.17. The van der Waals surface area contributed by atoms with Crippen LogP contribution in [0.2, 0.25) is 0 Å². The topological polar surface area (TPSA) is 61.8 Å². The van der Waals surface area contributed by atoms with Crippen LogP contribution in [-0.4, -0.2) is 37.9 Å². The average molecular weight is 755 g/mol. The fourth-order valence-corrected chi connectivity index (χ4v) is 6.23. The quantitative estimate of drug-likeness (QED) is 0.0353. The van der Waals surface area contributed by atoms with Crippen LogP contribution < -0.4 is 0 Å². The maximum absolute atomic E-state index is 12.7. The number of hydrogen-bond acceptors (Lipinski definition) is 5. The van der Waals surface area contributed by atoms with E-state index in [1.165, 1.54) is 122 Å². The van der Waals surface area contributed by atoms with Crippen LogP contribution in [0, 0.1) is 0 Å². The fourth-order valence-electron chi connectivity index (χ4n) is 6.23. The van der Waals surface area contributed by atoms with Gasteiger partial charge in [-0.1, -0.05) is 216 Å². The molecular weight excluding hydrogens is 669 g/mol. The zero-order valence-electron chi connectivity index (χ0n) is 35.7. The zero-order valence-corrected chi connectivity index (χ0v) is 35.7. The first-order valence-electron chi connectivity index (χ1n) is 22.8. The van der Waals surface area contributed by atoms with Gasteiger partial charge in [0, 0.05) is 13.0 Å². The minimum atomic E-state index is -0.569. The van der Waals surface area contributed by atoms with Gasteiger partial charge in [0.25, 0.3) is 0 Å². The SMILES string of the molecule is CC/C=C\C/C=C\C/C=C\C/C=C\C/C=C\CC(=O)OCC(COCCCCCCCCCCCCCCCC)OC(=O)CCCCCCCCCCC. The van der Waals surface area contributed by atoms with Crippen molar-refractivity contribution < 1.29 is 23.8 Å². The Morgan fingerprint density at radius 3 is 1.26 bits per heavy atom. The highest BCUT2D eigenvalue weighted by Gasteiger charge is 2.17. The van der Waals surface area contributed by atoms with Crippen molar-refractivity contribution in [1.82, 2.24) is 0 Å². The summed E-state index contributed by atoms with van der Waals surface area (Å²) < 4.78 is 17.2. The maximum Gasteiger partial charge on any atom is 0.309 e. The summed E-state index contributed by atoms with van der Waals surface area (Å²) in [5.41, 5.74) is 0. The van der Waals surface area contributed by atoms with Gasteiger partial charge in [0.15, 0.2) is 6.10 Å². The standard InChI is InChI=1S/C49H86O5/c1-4-7-10-13-16-19-21-23-25-26-28-31-33-36-39-42-48(50)53-46-47(54-49(51)43-40-37-34-30-18-15-12-9-6-3)45-52-44-41-38-35-32-29-27-24-22-20-17-14-11-8-5-2/h7,10,16,19,23,25,28,31,36,39,47H,4-6,8-9,11-15,17-18,20-22,24,26-27,29-30,32-35,37-38,40-46H2,1-3H3/b10-7-,19-16-,25-23-,31-28-,39-36-. The molecule has 5 heteroatoms. The third kappa shape index (κ3) is 42.3. The van der Waals surface area contributed by atoms with E-state index in [9.17, 15) is 9.59 Å². The molecule has 0 spiro atoms. The van der Waals surface area contributed by atoms with Crippen LogP contribution >= 0.6 is 0 Å². The first-order valence-corrected chi connectivity index (χ1v) is 22.8. The first kappa shape index (κ1) is 51.6. The third-order valence-electron chi connectivity index (χ3n) is 9.60. The van der Waals surface area contributed by atoms with Gasteiger partial charge in [-0.25, -0.2) is 0 Å². The van der Waals surface area contributed by atoms with Crippen LogP contribution in [0.4, 0.5) is 0 Å². The fraction of sp³-hybridized carbons (Fsp3) is 0.755. The Balaban J connectivity index is 4.33. The molecule has 0 aromatic heterocycles. The highest BCUT2D eigenvalue weighted by atomic mass is 16.6. The Kier molecular flexibility index (Phi) is 43.0. The molecule has 1 atom stereocenters. The van der Waals surface area contributed by atoms with Crippen LogP contribution in [0.3, 0.4) is 0 Å². The Hall–Kier alpha value is -2.40. The molecule has 0 aliphatic rings. The molecule has 312 valence electrons. The van der Waals surface area contributed by atoms with Crippen LogP contribution in [-0.2, 0) is 23.8 Å². The number of esters is 2. The summed E-state index contributed by atoms with van der Waals surface area (Å²) in [6.45, 7) is 7.60. The second kappa shape index (κ2) is 45.0. The lowest BCUT2D eigenvalue weighted by atomic mass is 10.0. The number of hydrogen-bond donors (Lipinski definition) is 0. The van der Waals surface area contributed by atoms with Crippen LogP contribution in [0.1, 0.15) is 213 Å². The Labute approximate surface area is 334 Å². The van der Waals surface area contributed by atoms with Crippen LogP contribution in [0.15, 0.2) is 60.8 Å². The summed E-state index contributed by atoms with van der Waals surface area (Å²) >= 11 is 0. The Morgan fingerprint density at radius 2 is 0.815 bits per heavy atom. The molecule has 0 heterocycles. The number of allylic oxidation sites excluding steroid dienone is 9. The molecule has 54 heavy (non-hydrogen) atoms. The van der Waals surface area contributed by atoms with Gasteiger partial charge in [-0.15, -0.1) is 0 Å². The van der Waals surface area contributed by atoms with E-state index in [1.54, 1.807) is 0 Å². The number of unbranched alkanes of at least 4 members (excludes halogenated alkanes) is 21. The van der Waals surface area contributed by atoms with Crippen molar-refractivity contribution in [3.05, 3.63) is 60.8 Å². The van der Waals surface area contributed by atoms with E-state index in [0.717, 1.165) is 57.8 Å². The largest absolute Gasteiger partial charge is 0.461 e. The molecule has 5 nitrogen and oxygen atoms in total. The number of rotatable bonds is 41.